The first-order valence-corrected chi connectivity index (χ1v) is 14.0. The summed E-state index contributed by atoms with van der Waals surface area (Å²) in [5, 5.41) is 10.7. The van der Waals surface area contributed by atoms with Gasteiger partial charge >= 0.3 is 6.18 Å². The Morgan fingerprint density at radius 1 is 1.05 bits per heavy atom. The summed E-state index contributed by atoms with van der Waals surface area (Å²) in [6.45, 7) is 13.7. The number of aromatic nitrogens is 3. The fourth-order valence-electron chi connectivity index (χ4n) is 7.03. The lowest BCUT2D eigenvalue weighted by Crippen LogP contribution is -2.62. The van der Waals surface area contributed by atoms with Crippen LogP contribution in [0, 0.1) is 5.92 Å². The molecule has 9 heteroatoms. The maximum absolute atomic E-state index is 12.9. The van der Waals surface area contributed by atoms with Crippen LogP contribution in [0.15, 0.2) is 12.4 Å². The smallest absolute Gasteiger partial charge is 0.389 e. The molecule has 4 rings (SSSR count). The maximum atomic E-state index is 12.9. The maximum Gasteiger partial charge on any atom is 0.389 e. The molecule has 3 heterocycles. The van der Waals surface area contributed by atoms with Crippen LogP contribution < -0.4 is 4.74 Å². The van der Waals surface area contributed by atoms with Gasteiger partial charge in [0.15, 0.2) is 0 Å². The van der Waals surface area contributed by atoms with Gasteiger partial charge in [-0.25, -0.2) is 15.0 Å². The minimum Gasteiger partial charge on any atom is -0.474 e. The molecule has 0 aromatic carbocycles. The number of aliphatic hydroxyl groups excluding tert-OH is 1. The molecule has 1 aliphatic heterocycles. The van der Waals surface area contributed by atoms with E-state index < -0.39 is 18.5 Å². The van der Waals surface area contributed by atoms with E-state index in [0.29, 0.717) is 35.4 Å². The van der Waals surface area contributed by atoms with Crippen molar-refractivity contribution in [1.29, 1.82) is 0 Å². The van der Waals surface area contributed by atoms with Crippen LogP contribution >= 0.6 is 0 Å². The van der Waals surface area contributed by atoms with E-state index in [2.05, 4.69) is 44.5 Å². The molecule has 1 aliphatic carbocycles. The molecule has 0 unspecified atom stereocenters. The Bertz CT molecular complexity index is 1090. The molecule has 1 atom stereocenters. The van der Waals surface area contributed by atoms with Gasteiger partial charge in [0.25, 0.3) is 0 Å². The summed E-state index contributed by atoms with van der Waals surface area (Å²) < 4.78 is 45.4. The third-order valence-corrected chi connectivity index (χ3v) is 8.42. The number of piperidine rings is 1. The molecule has 1 saturated carbocycles. The van der Waals surface area contributed by atoms with Gasteiger partial charge in [0, 0.05) is 54.7 Å². The van der Waals surface area contributed by atoms with Crippen LogP contribution in [0.5, 0.6) is 5.88 Å². The molecule has 2 aliphatic rings. The predicted molar refractivity (Wildman–Crippen MR) is 142 cm³/mol. The molecule has 1 saturated heterocycles. The fourth-order valence-corrected chi connectivity index (χ4v) is 7.03. The van der Waals surface area contributed by atoms with Crippen molar-refractivity contribution >= 4 is 10.9 Å². The fraction of sp³-hybridized carbons (Fsp3) is 0.759. The third kappa shape index (κ3) is 6.58. The number of hydrogen-bond donors (Lipinski definition) is 1. The monoisotopic (exact) mass is 536 g/mol. The highest BCUT2D eigenvalue weighted by Gasteiger charge is 2.45. The standard InChI is InChI=1S/C29H43F3N4O2/c1-7-36-27(3,4)14-21(15-28(36,5)6)38-26-23-17-33-24(12-18(2)13-29(30,31)32)35-25(23)22(16-34-26)19-8-10-20(37)11-9-19/h16-21,37H,7-15H2,1-6H3/t18-,19?,20?/m1/s1. The van der Waals surface area contributed by atoms with E-state index in [4.69, 9.17) is 14.7 Å². The van der Waals surface area contributed by atoms with Crippen LogP contribution in [0.25, 0.3) is 10.9 Å². The van der Waals surface area contributed by atoms with Crippen LogP contribution in [0.1, 0.15) is 104 Å². The van der Waals surface area contributed by atoms with Gasteiger partial charge in [-0.1, -0.05) is 13.8 Å². The number of pyridine rings is 1. The number of alkyl halides is 3. The highest BCUT2D eigenvalue weighted by atomic mass is 19.4. The van der Waals surface area contributed by atoms with Gasteiger partial charge in [-0.2, -0.15) is 13.2 Å². The number of likely N-dealkylation sites (tertiary alicyclic amines) is 1. The summed E-state index contributed by atoms with van der Waals surface area (Å²) in [5.41, 5.74) is 1.59. The molecule has 0 spiro atoms. The summed E-state index contributed by atoms with van der Waals surface area (Å²) in [4.78, 5) is 16.5. The van der Waals surface area contributed by atoms with Crippen LogP contribution in [-0.4, -0.2) is 61.0 Å². The lowest BCUT2D eigenvalue weighted by molar-refractivity contribution is -0.143. The van der Waals surface area contributed by atoms with Gasteiger partial charge in [-0.05, 0) is 71.8 Å². The van der Waals surface area contributed by atoms with Crippen LogP contribution in [0.4, 0.5) is 13.2 Å². The SMILES string of the molecule is CCN1C(C)(C)CC(Oc2ncc(C3CCC(O)CC3)c3nc(C[C@@H](C)CC(F)(F)F)ncc23)CC1(C)C. The lowest BCUT2D eigenvalue weighted by Gasteiger charge is -2.54. The Balaban J connectivity index is 1.67. The second kappa shape index (κ2) is 10.9. The van der Waals surface area contributed by atoms with Crippen LogP contribution in [-0.2, 0) is 6.42 Å². The molecule has 6 nitrogen and oxygen atoms in total. The Morgan fingerprint density at radius 2 is 1.68 bits per heavy atom. The van der Waals surface area contributed by atoms with E-state index >= 15 is 0 Å². The molecular formula is C29H43F3N4O2. The molecule has 38 heavy (non-hydrogen) atoms. The Labute approximate surface area is 224 Å². The zero-order valence-corrected chi connectivity index (χ0v) is 23.6. The van der Waals surface area contributed by atoms with Gasteiger partial charge < -0.3 is 9.84 Å². The average Bonchev–Trinajstić information content (AvgIpc) is 2.77. The second-order valence-corrected chi connectivity index (χ2v) is 12.7. The van der Waals surface area contributed by atoms with E-state index in [0.717, 1.165) is 37.8 Å². The summed E-state index contributed by atoms with van der Waals surface area (Å²) >= 11 is 0. The van der Waals surface area contributed by atoms with Gasteiger partial charge in [0.1, 0.15) is 11.9 Å². The average molecular weight is 537 g/mol. The van der Waals surface area contributed by atoms with Crippen molar-refractivity contribution in [1.82, 2.24) is 19.9 Å². The predicted octanol–water partition coefficient (Wildman–Crippen LogP) is 6.59. The molecule has 212 valence electrons. The lowest BCUT2D eigenvalue weighted by atomic mass is 9.78. The van der Waals surface area contributed by atoms with Gasteiger partial charge in [-0.3, -0.25) is 4.90 Å². The van der Waals surface area contributed by atoms with E-state index in [1.54, 1.807) is 13.1 Å². The van der Waals surface area contributed by atoms with E-state index in [1.165, 1.54) is 0 Å². The largest absolute Gasteiger partial charge is 0.474 e. The number of rotatable bonds is 7. The first-order valence-electron chi connectivity index (χ1n) is 14.0. The summed E-state index contributed by atoms with van der Waals surface area (Å²) in [6, 6.07) is 0. The molecule has 2 aromatic rings. The Kier molecular flexibility index (Phi) is 8.30. The third-order valence-electron chi connectivity index (χ3n) is 8.42. The molecule has 1 N–H and O–H groups in total. The number of nitrogens with zero attached hydrogens (tertiary/aromatic N) is 4. The van der Waals surface area contributed by atoms with Crippen molar-refractivity contribution in [2.45, 2.75) is 128 Å². The number of fused-ring (bicyclic) bond motifs is 1. The number of ether oxygens (including phenoxy) is 1. The first-order chi connectivity index (χ1) is 17.7. The highest BCUT2D eigenvalue weighted by Crippen LogP contribution is 2.42. The summed E-state index contributed by atoms with van der Waals surface area (Å²) in [7, 11) is 0. The van der Waals surface area contributed by atoms with Crippen LogP contribution in [0.3, 0.4) is 0 Å². The van der Waals surface area contributed by atoms with Crippen molar-refractivity contribution in [2.75, 3.05) is 6.54 Å². The highest BCUT2D eigenvalue weighted by molar-refractivity contribution is 5.85. The van der Waals surface area contributed by atoms with Crippen molar-refractivity contribution < 1.29 is 23.0 Å². The zero-order chi connectivity index (χ0) is 27.9. The van der Waals surface area contributed by atoms with E-state index in [-0.39, 0.29) is 35.6 Å². The molecule has 2 aromatic heterocycles. The molecule has 0 amide bonds. The van der Waals surface area contributed by atoms with Crippen molar-refractivity contribution in [2.24, 2.45) is 5.92 Å². The van der Waals surface area contributed by atoms with Crippen molar-refractivity contribution in [3.05, 3.63) is 23.8 Å². The van der Waals surface area contributed by atoms with Crippen molar-refractivity contribution in [3.8, 4) is 5.88 Å². The molecular weight excluding hydrogens is 493 g/mol. The molecule has 2 fully saturated rings. The second-order valence-electron chi connectivity index (χ2n) is 12.7. The number of aliphatic hydroxyl groups is 1. The quantitative estimate of drug-likeness (QED) is 0.430. The first kappa shape index (κ1) is 29.0. The molecule has 0 radical (unpaired) electrons. The van der Waals surface area contributed by atoms with E-state index in [1.807, 2.05) is 6.20 Å². The van der Waals surface area contributed by atoms with Gasteiger partial charge in [0.2, 0.25) is 5.88 Å². The summed E-state index contributed by atoms with van der Waals surface area (Å²) in [6.07, 6.45) is 3.01. The minimum atomic E-state index is -4.22. The Hall–Kier alpha value is -2.00. The van der Waals surface area contributed by atoms with Gasteiger partial charge in [0.05, 0.1) is 17.0 Å². The Morgan fingerprint density at radius 3 is 2.26 bits per heavy atom. The number of hydrogen-bond acceptors (Lipinski definition) is 6. The number of halogens is 3. The topological polar surface area (TPSA) is 71.4 Å². The minimum absolute atomic E-state index is 0.0411. The summed E-state index contributed by atoms with van der Waals surface area (Å²) in [5.74, 6) is 0.452. The van der Waals surface area contributed by atoms with Gasteiger partial charge in [-0.15, -0.1) is 0 Å². The normalized spacial score (nSPS) is 25.4. The van der Waals surface area contributed by atoms with E-state index in [9.17, 15) is 18.3 Å². The van der Waals surface area contributed by atoms with Crippen LogP contribution in [0.2, 0.25) is 0 Å². The van der Waals surface area contributed by atoms with Crippen molar-refractivity contribution in [3.63, 3.8) is 0 Å². The zero-order valence-electron chi connectivity index (χ0n) is 23.6. The molecule has 0 bridgehead atoms.